The Labute approximate surface area is 125 Å². The maximum atomic E-state index is 13.2. The molecule has 8 heteroatoms. The van der Waals surface area contributed by atoms with Crippen LogP contribution in [0, 0.1) is 28.5 Å². The van der Waals surface area contributed by atoms with E-state index in [-0.39, 0.29) is 28.5 Å². The first-order chi connectivity index (χ1) is 9.56. The van der Waals surface area contributed by atoms with Gasteiger partial charge in [0.1, 0.15) is 16.7 Å². The van der Waals surface area contributed by atoms with Crippen molar-refractivity contribution in [1.29, 1.82) is 10.5 Å². The van der Waals surface area contributed by atoms with Gasteiger partial charge in [0.25, 0.3) is 0 Å². The predicted molar refractivity (Wildman–Crippen MR) is 75.8 cm³/mol. The fraction of sp³-hybridized carbons (Fsp3) is 0.0769. The third-order valence-corrected chi connectivity index (χ3v) is 2.90. The number of nitrogens with two attached hydrogens (primary N) is 1. The Bertz CT molecular complexity index is 735. The molecule has 0 fully saturated rings. The second-order valence-corrected chi connectivity index (χ2v) is 4.21. The number of aromatic nitrogens is 2. The first-order valence-electron chi connectivity index (χ1n) is 5.45. The van der Waals surface area contributed by atoms with Crippen LogP contribution >= 0.6 is 11.6 Å². The first kappa shape index (κ1) is 16.3. The van der Waals surface area contributed by atoms with Crippen LogP contribution in [0.25, 0.3) is 11.4 Å². The second-order valence-electron chi connectivity index (χ2n) is 3.83. The van der Waals surface area contributed by atoms with E-state index in [4.69, 9.17) is 27.9 Å². The highest BCUT2D eigenvalue weighted by atomic mass is 35.5. The average Bonchev–Trinajstić information content (AvgIpc) is 2.44. The molecule has 0 atom stereocenters. The molecule has 106 valence electrons. The van der Waals surface area contributed by atoms with Crippen LogP contribution in [0.3, 0.4) is 0 Å². The van der Waals surface area contributed by atoms with Crippen molar-refractivity contribution < 1.29 is 4.39 Å². The van der Waals surface area contributed by atoms with Crippen molar-refractivity contribution in [3.8, 4) is 23.5 Å². The Kier molecular flexibility index (Phi) is 5.14. The minimum atomic E-state index is -1.17. The van der Waals surface area contributed by atoms with E-state index in [2.05, 4.69) is 9.97 Å². The molecular weight excluding hydrogens is 295 g/mol. The third kappa shape index (κ3) is 3.23. The van der Waals surface area contributed by atoms with Gasteiger partial charge in [-0.25, -0.2) is 14.4 Å². The van der Waals surface area contributed by atoms with E-state index >= 15 is 0 Å². The zero-order valence-electron chi connectivity index (χ0n) is 10.7. The summed E-state index contributed by atoms with van der Waals surface area (Å²) in [7, 11) is 0. The van der Waals surface area contributed by atoms with E-state index in [0.717, 1.165) is 0 Å². The van der Waals surface area contributed by atoms with Crippen LogP contribution < -0.4 is 11.9 Å². The van der Waals surface area contributed by atoms with Crippen LogP contribution in [-0.4, -0.2) is 9.97 Å². The number of nitrogen functional groups attached to an aromatic ring is 1. The van der Waals surface area contributed by atoms with Crippen LogP contribution in [-0.2, 0) is 0 Å². The van der Waals surface area contributed by atoms with Crippen molar-refractivity contribution in [3.05, 3.63) is 40.8 Å². The van der Waals surface area contributed by atoms with E-state index in [1.165, 1.54) is 18.2 Å². The zero-order chi connectivity index (χ0) is 14.7. The first-order valence-corrected chi connectivity index (χ1v) is 5.82. The van der Waals surface area contributed by atoms with E-state index in [1.54, 1.807) is 18.2 Å². The maximum absolute atomic E-state index is 13.2. The lowest BCUT2D eigenvalue weighted by Crippen LogP contribution is -2.05. The zero-order valence-corrected chi connectivity index (χ0v) is 11.5. The van der Waals surface area contributed by atoms with Gasteiger partial charge in [-0.1, -0.05) is 23.7 Å². The molecule has 0 unspecified atom stereocenters. The van der Waals surface area contributed by atoms with Gasteiger partial charge in [0.2, 0.25) is 0 Å². The summed E-state index contributed by atoms with van der Waals surface area (Å²) in [6.07, 6.45) is 0. The Balaban J connectivity index is 0.00000220. The number of halogens is 2. The summed E-state index contributed by atoms with van der Waals surface area (Å²) in [5, 5.41) is 17.8. The van der Waals surface area contributed by atoms with Crippen LogP contribution in [0.15, 0.2) is 24.3 Å². The van der Waals surface area contributed by atoms with Gasteiger partial charge in [0, 0.05) is 5.56 Å². The van der Waals surface area contributed by atoms with Crippen molar-refractivity contribution in [1.82, 2.24) is 16.1 Å². The predicted octanol–water partition coefficient (Wildman–Crippen LogP) is 2.81. The molecule has 0 spiro atoms. The molecule has 0 saturated carbocycles. The smallest absolute Gasteiger partial charge is 0.176 e. The SMILES string of the molecule is N.N#CC(C#N)c1nc(-c2cccc(F)c2)nc(N)c1Cl. The van der Waals surface area contributed by atoms with Gasteiger partial charge in [-0.2, -0.15) is 10.5 Å². The lowest BCUT2D eigenvalue weighted by atomic mass is 10.1. The van der Waals surface area contributed by atoms with Gasteiger partial charge in [-0.05, 0) is 12.1 Å². The number of rotatable bonds is 2. The number of hydrogen-bond acceptors (Lipinski definition) is 6. The van der Waals surface area contributed by atoms with E-state index in [1.807, 2.05) is 0 Å². The van der Waals surface area contributed by atoms with Gasteiger partial charge in [0.05, 0.1) is 17.8 Å². The Morgan fingerprint density at radius 1 is 1.24 bits per heavy atom. The summed E-state index contributed by atoms with van der Waals surface area (Å²) >= 11 is 5.91. The number of anilines is 1. The van der Waals surface area contributed by atoms with E-state index < -0.39 is 11.7 Å². The fourth-order valence-electron chi connectivity index (χ4n) is 1.58. The van der Waals surface area contributed by atoms with Crippen LogP contribution in [0.4, 0.5) is 10.2 Å². The molecule has 0 bridgehead atoms. The highest BCUT2D eigenvalue weighted by Crippen LogP contribution is 2.29. The summed E-state index contributed by atoms with van der Waals surface area (Å²) in [6, 6.07) is 9.10. The minimum absolute atomic E-state index is 0. The second kappa shape index (κ2) is 6.62. The molecular formula is C13H10ClFN6. The van der Waals surface area contributed by atoms with E-state index in [9.17, 15) is 4.39 Å². The number of benzene rings is 1. The van der Waals surface area contributed by atoms with Crippen molar-refractivity contribution >= 4 is 17.4 Å². The topological polar surface area (TPSA) is 134 Å². The summed E-state index contributed by atoms with van der Waals surface area (Å²) in [5.41, 5.74) is 6.04. The molecule has 0 aliphatic rings. The monoisotopic (exact) mass is 304 g/mol. The third-order valence-electron chi connectivity index (χ3n) is 2.52. The molecule has 21 heavy (non-hydrogen) atoms. The normalized spacial score (nSPS) is 9.57. The highest BCUT2D eigenvalue weighted by molar-refractivity contribution is 6.33. The molecule has 0 amide bonds. The standard InChI is InChI=1S/C13H7ClFN5.H3N/c14-10-11(8(5-16)6-17)19-13(20-12(10)18)7-2-1-3-9(15)4-7;/h1-4,8H,(H2,18,19,20);1H3. The Morgan fingerprint density at radius 3 is 2.48 bits per heavy atom. The van der Waals surface area contributed by atoms with Gasteiger partial charge >= 0.3 is 0 Å². The van der Waals surface area contributed by atoms with Crippen LogP contribution in [0.2, 0.25) is 5.02 Å². The van der Waals surface area contributed by atoms with Crippen LogP contribution in [0.5, 0.6) is 0 Å². The average molecular weight is 305 g/mol. The Hall–Kier alpha value is -2.74. The van der Waals surface area contributed by atoms with Crippen molar-refractivity contribution in [2.24, 2.45) is 0 Å². The molecule has 1 heterocycles. The fourth-order valence-corrected chi connectivity index (χ4v) is 1.78. The van der Waals surface area contributed by atoms with Crippen LogP contribution in [0.1, 0.15) is 11.6 Å². The molecule has 1 aromatic carbocycles. The van der Waals surface area contributed by atoms with Crippen molar-refractivity contribution in [3.63, 3.8) is 0 Å². The summed E-state index contributed by atoms with van der Waals surface area (Å²) in [5.74, 6) is -1.58. The van der Waals surface area contributed by atoms with Gasteiger partial charge in [0.15, 0.2) is 11.7 Å². The number of hydrogen-bond donors (Lipinski definition) is 2. The lowest BCUT2D eigenvalue weighted by molar-refractivity contribution is 0.628. The summed E-state index contributed by atoms with van der Waals surface area (Å²) in [6.45, 7) is 0. The van der Waals surface area contributed by atoms with E-state index in [0.29, 0.717) is 5.56 Å². The summed E-state index contributed by atoms with van der Waals surface area (Å²) < 4.78 is 13.2. The lowest BCUT2D eigenvalue weighted by Gasteiger charge is -2.08. The Morgan fingerprint density at radius 2 is 1.90 bits per heavy atom. The molecule has 2 rings (SSSR count). The van der Waals surface area contributed by atoms with Gasteiger partial charge in [-0.15, -0.1) is 0 Å². The number of nitriles is 2. The molecule has 1 aromatic heterocycles. The maximum Gasteiger partial charge on any atom is 0.176 e. The minimum Gasteiger partial charge on any atom is -0.382 e. The van der Waals surface area contributed by atoms with Crippen molar-refractivity contribution in [2.75, 3.05) is 5.73 Å². The molecule has 0 saturated heterocycles. The molecule has 0 aliphatic heterocycles. The number of nitrogens with zero attached hydrogens (tertiary/aromatic N) is 4. The van der Waals surface area contributed by atoms with Crippen molar-refractivity contribution in [2.45, 2.75) is 5.92 Å². The van der Waals surface area contributed by atoms with Gasteiger partial charge < -0.3 is 11.9 Å². The molecule has 0 aliphatic carbocycles. The quantitative estimate of drug-likeness (QED) is 0.875. The largest absolute Gasteiger partial charge is 0.382 e. The highest BCUT2D eigenvalue weighted by Gasteiger charge is 2.20. The van der Waals surface area contributed by atoms with Gasteiger partial charge in [-0.3, -0.25) is 0 Å². The molecule has 5 N–H and O–H groups in total. The molecule has 2 aromatic rings. The molecule has 6 nitrogen and oxygen atoms in total. The molecule has 0 radical (unpaired) electrons. The summed E-state index contributed by atoms with van der Waals surface area (Å²) in [4.78, 5) is 8.00.